The lowest BCUT2D eigenvalue weighted by Gasteiger charge is -2.18. The van der Waals surface area contributed by atoms with E-state index in [0.29, 0.717) is 17.9 Å². The lowest BCUT2D eigenvalue weighted by atomic mass is 10.1. The van der Waals surface area contributed by atoms with Gasteiger partial charge in [-0.1, -0.05) is 44.2 Å². The number of nitrogens with zero attached hydrogens (tertiary/aromatic N) is 1. The van der Waals surface area contributed by atoms with E-state index in [1.807, 2.05) is 25.1 Å². The van der Waals surface area contributed by atoms with Gasteiger partial charge in [-0.25, -0.2) is 4.79 Å². The molecule has 0 bridgehead atoms. The van der Waals surface area contributed by atoms with E-state index < -0.39 is 0 Å². The summed E-state index contributed by atoms with van der Waals surface area (Å²) in [6.45, 7) is 10.1. The molecule has 4 nitrogen and oxygen atoms in total. The van der Waals surface area contributed by atoms with Crippen LogP contribution in [0.2, 0.25) is 0 Å². The van der Waals surface area contributed by atoms with Crippen molar-refractivity contribution in [1.82, 2.24) is 4.90 Å². The van der Waals surface area contributed by atoms with Gasteiger partial charge < -0.3 is 9.47 Å². The third kappa shape index (κ3) is 5.91. The summed E-state index contributed by atoms with van der Waals surface area (Å²) in [6.07, 6.45) is 0. The summed E-state index contributed by atoms with van der Waals surface area (Å²) in [5, 5.41) is 0. The molecule has 134 valence electrons. The van der Waals surface area contributed by atoms with Crippen molar-refractivity contribution in [1.29, 1.82) is 0 Å². The summed E-state index contributed by atoms with van der Waals surface area (Å²) in [6, 6.07) is 15.3. The van der Waals surface area contributed by atoms with E-state index in [0.717, 1.165) is 25.2 Å². The maximum absolute atomic E-state index is 12.2. The van der Waals surface area contributed by atoms with Crippen molar-refractivity contribution in [2.75, 3.05) is 19.7 Å². The van der Waals surface area contributed by atoms with Crippen molar-refractivity contribution >= 4 is 5.97 Å². The Kier molecular flexibility index (Phi) is 7.48. The average Bonchev–Trinajstić information content (AvgIpc) is 2.65. The largest absolute Gasteiger partial charge is 0.494 e. The number of carbonyl (C=O) groups excluding carboxylic acids is 1. The summed E-state index contributed by atoms with van der Waals surface area (Å²) >= 11 is 0. The van der Waals surface area contributed by atoms with Crippen LogP contribution in [0.4, 0.5) is 0 Å². The highest BCUT2D eigenvalue weighted by Crippen LogP contribution is 2.15. The molecule has 0 radical (unpaired) electrons. The number of esters is 1. The van der Waals surface area contributed by atoms with Crippen LogP contribution in [-0.4, -0.2) is 30.6 Å². The van der Waals surface area contributed by atoms with Gasteiger partial charge in [-0.05, 0) is 49.3 Å². The van der Waals surface area contributed by atoms with Gasteiger partial charge in [0.1, 0.15) is 12.4 Å². The lowest BCUT2D eigenvalue weighted by Crippen LogP contribution is -2.22. The van der Waals surface area contributed by atoms with Crippen LogP contribution in [0.5, 0.6) is 5.75 Å². The molecule has 0 N–H and O–H groups in total. The first-order valence-electron chi connectivity index (χ1n) is 8.86. The normalized spacial score (nSPS) is 10.7. The Labute approximate surface area is 150 Å². The SMILES string of the molecule is CCOc1cccc(C(=O)OCc2ccc(CN(CC)CC)cc2)c1. The van der Waals surface area contributed by atoms with Crippen LogP contribution in [-0.2, 0) is 17.9 Å². The zero-order valence-corrected chi connectivity index (χ0v) is 15.3. The number of hydrogen-bond donors (Lipinski definition) is 0. The van der Waals surface area contributed by atoms with E-state index in [1.165, 1.54) is 5.56 Å². The highest BCUT2D eigenvalue weighted by molar-refractivity contribution is 5.89. The second-order valence-electron chi connectivity index (χ2n) is 5.81. The summed E-state index contributed by atoms with van der Waals surface area (Å²) in [5.41, 5.74) is 2.75. The molecule has 25 heavy (non-hydrogen) atoms. The number of carbonyl (C=O) groups is 1. The van der Waals surface area contributed by atoms with Crippen molar-refractivity contribution in [3.63, 3.8) is 0 Å². The molecule has 0 saturated carbocycles. The lowest BCUT2D eigenvalue weighted by molar-refractivity contribution is 0.0472. The van der Waals surface area contributed by atoms with Crippen molar-refractivity contribution in [3.05, 3.63) is 65.2 Å². The molecule has 2 aromatic carbocycles. The van der Waals surface area contributed by atoms with Gasteiger partial charge in [0.2, 0.25) is 0 Å². The van der Waals surface area contributed by atoms with Crippen molar-refractivity contribution < 1.29 is 14.3 Å². The molecule has 0 aliphatic rings. The first-order valence-corrected chi connectivity index (χ1v) is 8.86. The predicted molar refractivity (Wildman–Crippen MR) is 99.8 cm³/mol. The highest BCUT2D eigenvalue weighted by atomic mass is 16.5. The molecule has 0 amide bonds. The van der Waals surface area contributed by atoms with Crippen LogP contribution in [0.15, 0.2) is 48.5 Å². The minimum absolute atomic E-state index is 0.267. The third-order valence-corrected chi connectivity index (χ3v) is 4.07. The van der Waals surface area contributed by atoms with E-state index in [1.54, 1.807) is 18.2 Å². The first-order chi connectivity index (χ1) is 12.2. The van der Waals surface area contributed by atoms with Crippen molar-refractivity contribution in [2.45, 2.75) is 33.9 Å². The molecule has 0 aliphatic heterocycles. The number of rotatable bonds is 9. The quantitative estimate of drug-likeness (QED) is 0.638. The Hall–Kier alpha value is -2.33. The van der Waals surface area contributed by atoms with Gasteiger partial charge in [0.25, 0.3) is 0 Å². The summed E-state index contributed by atoms with van der Waals surface area (Å²) in [7, 11) is 0. The van der Waals surface area contributed by atoms with Gasteiger partial charge in [-0.2, -0.15) is 0 Å². The van der Waals surface area contributed by atoms with Gasteiger partial charge in [-0.15, -0.1) is 0 Å². The van der Waals surface area contributed by atoms with E-state index in [4.69, 9.17) is 9.47 Å². The highest BCUT2D eigenvalue weighted by Gasteiger charge is 2.09. The van der Waals surface area contributed by atoms with Gasteiger partial charge in [-0.3, -0.25) is 4.90 Å². The van der Waals surface area contributed by atoms with Crippen LogP contribution < -0.4 is 4.74 Å². The average molecular weight is 341 g/mol. The van der Waals surface area contributed by atoms with Crippen LogP contribution in [0, 0.1) is 0 Å². The molecular formula is C21H27NO3. The van der Waals surface area contributed by atoms with Gasteiger partial charge in [0.15, 0.2) is 0 Å². The van der Waals surface area contributed by atoms with Crippen LogP contribution >= 0.6 is 0 Å². The molecule has 0 heterocycles. The fourth-order valence-electron chi connectivity index (χ4n) is 2.56. The molecule has 0 atom stereocenters. The molecule has 0 unspecified atom stereocenters. The zero-order chi connectivity index (χ0) is 18.1. The Balaban J connectivity index is 1.90. The Morgan fingerprint density at radius 3 is 2.28 bits per heavy atom. The molecule has 4 heteroatoms. The second kappa shape index (κ2) is 9.84. The maximum Gasteiger partial charge on any atom is 0.338 e. The van der Waals surface area contributed by atoms with E-state index in [9.17, 15) is 4.79 Å². The van der Waals surface area contributed by atoms with Crippen LogP contribution in [0.1, 0.15) is 42.3 Å². The Morgan fingerprint density at radius 1 is 0.960 bits per heavy atom. The molecule has 2 aromatic rings. The van der Waals surface area contributed by atoms with E-state index in [2.05, 4.69) is 30.9 Å². The number of hydrogen-bond acceptors (Lipinski definition) is 4. The minimum Gasteiger partial charge on any atom is -0.494 e. The predicted octanol–water partition coefficient (Wildman–Crippen LogP) is 4.28. The maximum atomic E-state index is 12.2. The molecule has 0 saturated heterocycles. The number of benzene rings is 2. The molecule has 2 rings (SSSR count). The van der Waals surface area contributed by atoms with Crippen molar-refractivity contribution in [3.8, 4) is 5.75 Å². The zero-order valence-electron chi connectivity index (χ0n) is 15.3. The summed E-state index contributed by atoms with van der Waals surface area (Å²) in [4.78, 5) is 14.5. The van der Waals surface area contributed by atoms with E-state index >= 15 is 0 Å². The second-order valence-corrected chi connectivity index (χ2v) is 5.81. The topological polar surface area (TPSA) is 38.8 Å². The van der Waals surface area contributed by atoms with Gasteiger partial charge in [0, 0.05) is 6.54 Å². The van der Waals surface area contributed by atoms with Gasteiger partial charge >= 0.3 is 5.97 Å². The summed E-state index contributed by atoms with van der Waals surface area (Å²) in [5.74, 6) is 0.339. The fourth-order valence-corrected chi connectivity index (χ4v) is 2.56. The molecule has 0 fully saturated rings. The van der Waals surface area contributed by atoms with Crippen LogP contribution in [0.3, 0.4) is 0 Å². The van der Waals surface area contributed by atoms with Crippen molar-refractivity contribution in [2.24, 2.45) is 0 Å². The molecule has 0 aliphatic carbocycles. The van der Waals surface area contributed by atoms with Gasteiger partial charge in [0.05, 0.1) is 12.2 Å². The summed E-state index contributed by atoms with van der Waals surface area (Å²) < 4.78 is 10.8. The third-order valence-electron chi connectivity index (χ3n) is 4.07. The first kappa shape index (κ1) is 19.0. The monoisotopic (exact) mass is 341 g/mol. The molecular weight excluding hydrogens is 314 g/mol. The molecule has 0 aromatic heterocycles. The number of ether oxygens (including phenoxy) is 2. The standard InChI is InChI=1S/C21H27NO3/c1-4-22(5-2)15-17-10-12-18(13-11-17)16-25-21(23)19-8-7-9-20(14-19)24-6-3/h7-14H,4-6,15-16H2,1-3H3. The van der Waals surface area contributed by atoms with Crippen LogP contribution in [0.25, 0.3) is 0 Å². The Morgan fingerprint density at radius 2 is 1.64 bits per heavy atom. The Bertz CT molecular complexity index is 663. The smallest absolute Gasteiger partial charge is 0.338 e. The molecule has 0 spiro atoms. The fraction of sp³-hybridized carbons (Fsp3) is 0.381. The minimum atomic E-state index is -0.339. The van der Waals surface area contributed by atoms with E-state index in [-0.39, 0.29) is 12.6 Å².